The highest BCUT2D eigenvalue weighted by atomic mass is 19.1. The normalized spacial score (nSPS) is 15.1. The number of piperazine rings is 1. The SMILES string of the molecule is CN1CCN(c2ccc(NC(=O)Nc3ccc(F)cc3F)cn2)CC1. The number of carbonyl (C=O) groups excluding carboxylic acids is 1. The fourth-order valence-electron chi connectivity index (χ4n) is 2.56. The maximum Gasteiger partial charge on any atom is 0.323 e. The predicted octanol–water partition coefficient (Wildman–Crippen LogP) is 2.76. The van der Waals surface area contributed by atoms with Gasteiger partial charge in [-0.3, -0.25) is 0 Å². The third-order valence-corrected chi connectivity index (χ3v) is 4.01. The van der Waals surface area contributed by atoms with Crippen molar-refractivity contribution in [2.75, 3.05) is 48.8 Å². The van der Waals surface area contributed by atoms with Gasteiger partial charge in [-0.15, -0.1) is 0 Å². The van der Waals surface area contributed by atoms with Crippen molar-refractivity contribution in [1.82, 2.24) is 9.88 Å². The molecule has 1 aromatic heterocycles. The Labute approximate surface area is 144 Å². The van der Waals surface area contributed by atoms with Crippen molar-refractivity contribution in [3.05, 3.63) is 48.2 Å². The van der Waals surface area contributed by atoms with Crippen molar-refractivity contribution in [1.29, 1.82) is 0 Å². The number of likely N-dealkylation sites (N-methyl/N-ethyl adjacent to an activating group) is 1. The van der Waals surface area contributed by atoms with Crippen LogP contribution in [0.2, 0.25) is 0 Å². The molecule has 0 aliphatic carbocycles. The van der Waals surface area contributed by atoms with Gasteiger partial charge in [0.1, 0.15) is 17.5 Å². The molecule has 1 aromatic carbocycles. The lowest BCUT2D eigenvalue weighted by Crippen LogP contribution is -2.44. The number of benzene rings is 1. The molecule has 2 N–H and O–H groups in total. The van der Waals surface area contributed by atoms with E-state index in [9.17, 15) is 13.6 Å². The summed E-state index contributed by atoms with van der Waals surface area (Å²) in [4.78, 5) is 20.7. The van der Waals surface area contributed by atoms with Gasteiger partial charge in [-0.05, 0) is 31.3 Å². The van der Waals surface area contributed by atoms with Crippen LogP contribution in [0.1, 0.15) is 0 Å². The maximum absolute atomic E-state index is 13.5. The molecule has 6 nitrogen and oxygen atoms in total. The zero-order valence-electron chi connectivity index (χ0n) is 13.8. The molecule has 132 valence electrons. The summed E-state index contributed by atoms with van der Waals surface area (Å²) < 4.78 is 26.4. The number of anilines is 3. The van der Waals surface area contributed by atoms with Crippen molar-refractivity contribution in [2.45, 2.75) is 0 Å². The van der Waals surface area contributed by atoms with E-state index < -0.39 is 17.7 Å². The second kappa shape index (κ2) is 7.43. The molecule has 2 heterocycles. The highest BCUT2D eigenvalue weighted by Crippen LogP contribution is 2.17. The molecular formula is C17H19F2N5O. The topological polar surface area (TPSA) is 60.5 Å². The van der Waals surface area contributed by atoms with E-state index in [1.165, 1.54) is 6.07 Å². The second-order valence-electron chi connectivity index (χ2n) is 5.90. The van der Waals surface area contributed by atoms with Crippen molar-refractivity contribution < 1.29 is 13.6 Å². The van der Waals surface area contributed by atoms with Crippen LogP contribution in [0.4, 0.5) is 30.8 Å². The van der Waals surface area contributed by atoms with E-state index in [-0.39, 0.29) is 5.69 Å². The Morgan fingerprint density at radius 2 is 1.84 bits per heavy atom. The largest absolute Gasteiger partial charge is 0.354 e. The van der Waals surface area contributed by atoms with Crippen molar-refractivity contribution in [2.24, 2.45) is 0 Å². The lowest BCUT2D eigenvalue weighted by atomic mass is 10.3. The van der Waals surface area contributed by atoms with E-state index >= 15 is 0 Å². The van der Waals surface area contributed by atoms with Crippen molar-refractivity contribution in [3.8, 4) is 0 Å². The monoisotopic (exact) mass is 347 g/mol. The number of hydrogen-bond donors (Lipinski definition) is 2. The van der Waals surface area contributed by atoms with Gasteiger partial charge in [0.2, 0.25) is 0 Å². The summed E-state index contributed by atoms with van der Waals surface area (Å²) >= 11 is 0. The standard InChI is InChI=1S/C17H19F2N5O/c1-23-6-8-24(9-7-23)16-5-3-13(11-20-16)21-17(25)22-15-4-2-12(18)10-14(15)19/h2-5,10-11H,6-9H2,1H3,(H2,21,22,25). The van der Waals surface area contributed by atoms with E-state index in [1.807, 2.05) is 6.07 Å². The minimum atomic E-state index is -0.835. The number of amides is 2. The molecule has 0 unspecified atom stereocenters. The molecule has 0 atom stereocenters. The van der Waals surface area contributed by atoms with Gasteiger partial charge in [0.05, 0.1) is 17.6 Å². The van der Waals surface area contributed by atoms with E-state index in [0.717, 1.165) is 38.1 Å². The van der Waals surface area contributed by atoms with Crippen LogP contribution in [0.15, 0.2) is 36.5 Å². The summed E-state index contributed by atoms with van der Waals surface area (Å²) in [7, 11) is 2.08. The Hall–Kier alpha value is -2.74. The predicted molar refractivity (Wildman–Crippen MR) is 92.9 cm³/mol. The third kappa shape index (κ3) is 4.42. The quantitative estimate of drug-likeness (QED) is 0.896. The van der Waals surface area contributed by atoms with Gasteiger partial charge in [0.15, 0.2) is 0 Å². The summed E-state index contributed by atoms with van der Waals surface area (Å²) in [6.07, 6.45) is 1.55. The highest BCUT2D eigenvalue weighted by Gasteiger charge is 2.15. The van der Waals surface area contributed by atoms with Crippen LogP contribution in [-0.2, 0) is 0 Å². The number of carbonyl (C=O) groups is 1. The summed E-state index contributed by atoms with van der Waals surface area (Å²) in [5.41, 5.74) is 0.388. The molecule has 0 bridgehead atoms. The van der Waals surface area contributed by atoms with Crippen molar-refractivity contribution >= 4 is 23.2 Å². The molecule has 1 saturated heterocycles. The van der Waals surface area contributed by atoms with Gasteiger partial charge in [-0.25, -0.2) is 18.6 Å². The van der Waals surface area contributed by atoms with Crippen LogP contribution in [0.5, 0.6) is 0 Å². The smallest absolute Gasteiger partial charge is 0.323 e. The van der Waals surface area contributed by atoms with E-state index in [0.29, 0.717) is 11.8 Å². The van der Waals surface area contributed by atoms with Crippen LogP contribution in [0.25, 0.3) is 0 Å². The molecule has 25 heavy (non-hydrogen) atoms. The van der Waals surface area contributed by atoms with E-state index in [1.54, 1.807) is 12.3 Å². The average Bonchev–Trinajstić information content (AvgIpc) is 2.59. The molecule has 0 spiro atoms. The Kier molecular flexibility index (Phi) is 5.08. The Balaban J connectivity index is 1.58. The average molecular weight is 347 g/mol. The summed E-state index contributed by atoms with van der Waals surface area (Å²) in [6.45, 7) is 3.77. The molecule has 1 fully saturated rings. The van der Waals surface area contributed by atoms with Gasteiger partial charge in [-0.2, -0.15) is 0 Å². The molecule has 1 aliphatic rings. The Bertz CT molecular complexity index is 745. The highest BCUT2D eigenvalue weighted by molar-refractivity contribution is 5.99. The third-order valence-electron chi connectivity index (χ3n) is 4.01. The molecule has 1 aliphatic heterocycles. The van der Waals surface area contributed by atoms with Crippen LogP contribution >= 0.6 is 0 Å². The first-order valence-electron chi connectivity index (χ1n) is 7.94. The molecule has 2 amide bonds. The van der Waals surface area contributed by atoms with E-state index in [4.69, 9.17) is 0 Å². The molecular weight excluding hydrogens is 328 g/mol. The molecule has 3 rings (SSSR count). The van der Waals surface area contributed by atoms with Gasteiger partial charge < -0.3 is 20.4 Å². The summed E-state index contributed by atoms with van der Waals surface area (Å²) in [5.74, 6) is -0.686. The second-order valence-corrected chi connectivity index (χ2v) is 5.90. The van der Waals surface area contributed by atoms with Crippen molar-refractivity contribution in [3.63, 3.8) is 0 Å². The van der Waals surface area contributed by atoms with Crippen LogP contribution in [0.3, 0.4) is 0 Å². The number of nitrogens with zero attached hydrogens (tertiary/aromatic N) is 3. The maximum atomic E-state index is 13.5. The molecule has 8 heteroatoms. The fraction of sp³-hybridized carbons (Fsp3) is 0.294. The number of pyridine rings is 1. The van der Waals surface area contributed by atoms with Crippen LogP contribution in [0, 0.1) is 11.6 Å². The number of halogens is 2. The minimum Gasteiger partial charge on any atom is -0.354 e. The zero-order valence-corrected chi connectivity index (χ0v) is 13.8. The fourth-order valence-corrected chi connectivity index (χ4v) is 2.56. The first kappa shape index (κ1) is 17.1. The van der Waals surface area contributed by atoms with Gasteiger partial charge in [0, 0.05) is 32.2 Å². The first-order chi connectivity index (χ1) is 12.0. The van der Waals surface area contributed by atoms with Gasteiger partial charge in [0.25, 0.3) is 0 Å². The van der Waals surface area contributed by atoms with E-state index in [2.05, 4.69) is 32.5 Å². The molecule has 0 saturated carbocycles. The lowest BCUT2D eigenvalue weighted by Gasteiger charge is -2.33. The number of urea groups is 1. The summed E-state index contributed by atoms with van der Waals surface area (Å²) in [6, 6.07) is 5.90. The van der Waals surface area contributed by atoms with Crippen LogP contribution < -0.4 is 15.5 Å². The van der Waals surface area contributed by atoms with Gasteiger partial charge >= 0.3 is 6.03 Å². The first-order valence-corrected chi connectivity index (χ1v) is 7.94. The Morgan fingerprint density at radius 1 is 1.08 bits per heavy atom. The number of nitrogens with one attached hydrogen (secondary N) is 2. The zero-order chi connectivity index (χ0) is 17.8. The number of rotatable bonds is 3. The number of hydrogen-bond acceptors (Lipinski definition) is 4. The molecule has 0 radical (unpaired) electrons. The van der Waals surface area contributed by atoms with Gasteiger partial charge in [-0.1, -0.05) is 0 Å². The van der Waals surface area contributed by atoms with Crippen LogP contribution in [-0.4, -0.2) is 49.1 Å². The minimum absolute atomic E-state index is 0.0964. The lowest BCUT2D eigenvalue weighted by molar-refractivity contribution is 0.262. The summed E-state index contributed by atoms with van der Waals surface area (Å²) in [5, 5.41) is 4.90. The molecule has 2 aromatic rings. The number of aromatic nitrogens is 1. The Morgan fingerprint density at radius 3 is 2.48 bits per heavy atom.